The van der Waals surface area contributed by atoms with E-state index in [1.807, 2.05) is 6.92 Å². The predicted octanol–water partition coefficient (Wildman–Crippen LogP) is 2.23. The van der Waals surface area contributed by atoms with Gasteiger partial charge in [0.1, 0.15) is 0 Å². The molecule has 0 unspecified atom stereocenters. The summed E-state index contributed by atoms with van der Waals surface area (Å²) < 4.78 is 5.16. The summed E-state index contributed by atoms with van der Waals surface area (Å²) >= 11 is 0. The Morgan fingerprint density at radius 3 is 2.79 bits per heavy atom. The Labute approximate surface area is 111 Å². The number of aryl methyl sites for hydroxylation is 1. The number of methoxy groups -OCH3 is 1. The van der Waals surface area contributed by atoms with Crippen LogP contribution in [0, 0.1) is 6.92 Å². The van der Waals surface area contributed by atoms with Gasteiger partial charge in [-0.05, 0) is 31.2 Å². The van der Waals surface area contributed by atoms with Crippen molar-refractivity contribution in [2.45, 2.75) is 6.92 Å². The number of nitrogens with two attached hydrogens (primary N) is 1. The Hall–Kier alpha value is -2.56. The van der Waals surface area contributed by atoms with Crippen LogP contribution < -0.4 is 15.8 Å². The molecular formula is C14H15N3O2. The molecule has 0 aliphatic carbocycles. The molecule has 2 aromatic rings. The topological polar surface area (TPSA) is 77.2 Å². The summed E-state index contributed by atoms with van der Waals surface area (Å²) in [6, 6.07) is 8.61. The summed E-state index contributed by atoms with van der Waals surface area (Å²) in [6.07, 6.45) is 1.67. The van der Waals surface area contributed by atoms with Crippen molar-refractivity contribution in [1.29, 1.82) is 0 Å². The zero-order valence-electron chi connectivity index (χ0n) is 10.8. The van der Waals surface area contributed by atoms with Crippen molar-refractivity contribution in [2.75, 3.05) is 18.2 Å². The van der Waals surface area contributed by atoms with Crippen molar-refractivity contribution >= 4 is 17.3 Å². The molecule has 1 heterocycles. The van der Waals surface area contributed by atoms with Gasteiger partial charge in [-0.1, -0.05) is 6.07 Å². The highest BCUT2D eigenvalue weighted by atomic mass is 16.5. The van der Waals surface area contributed by atoms with E-state index in [-0.39, 0.29) is 5.91 Å². The van der Waals surface area contributed by atoms with Gasteiger partial charge in [0.25, 0.3) is 5.91 Å². The van der Waals surface area contributed by atoms with Gasteiger partial charge in [-0.15, -0.1) is 0 Å². The van der Waals surface area contributed by atoms with Gasteiger partial charge in [0.2, 0.25) is 0 Å². The lowest BCUT2D eigenvalue weighted by atomic mass is 10.1. The maximum Gasteiger partial charge on any atom is 0.259 e. The van der Waals surface area contributed by atoms with E-state index in [4.69, 9.17) is 10.5 Å². The monoisotopic (exact) mass is 257 g/mol. The van der Waals surface area contributed by atoms with Crippen molar-refractivity contribution in [2.24, 2.45) is 0 Å². The highest BCUT2D eigenvalue weighted by molar-refractivity contribution is 6.07. The Morgan fingerprint density at radius 1 is 1.32 bits per heavy atom. The van der Waals surface area contributed by atoms with Crippen molar-refractivity contribution in [3.63, 3.8) is 0 Å². The minimum Gasteiger partial charge on any atom is -0.494 e. The molecule has 0 saturated heterocycles. The SMILES string of the molecule is COc1c(N)cccc1C(=O)Nc1cccnc1C. The molecular weight excluding hydrogens is 242 g/mol. The molecule has 0 aliphatic rings. The fourth-order valence-corrected chi connectivity index (χ4v) is 1.77. The number of nitrogen functional groups attached to an aromatic ring is 1. The molecule has 0 aliphatic heterocycles. The molecule has 0 spiro atoms. The molecule has 1 aromatic heterocycles. The van der Waals surface area contributed by atoms with Crippen molar-refractivity contribution in [3.8, 4) is 5.75 Å². The van der Waals surface area contributed by atoms with Gasteiger partial charge in [-0.3, -0.25) is 9.78 Å². The number of amides is 1. The molecule has 3 N–H and O–H groups in total. The number of carbonyl (C=O) groups is 1. The van der Waals surface area contributed by atoms with E-state index in [1.54, 1.807) is 36.5 Å². The van der Waals surface area contributed by atoms with E-state index in [1.165, 1.54) is 7.11 Å². The molecule has 5 heteroatoms. The van der Waals surface area contributed by atoms with Crippen LogP contribution in [0.25, 0.3) is 0 Å². The largest absolute Gasteiger partial charge is 0.494 e. The molecule has 5 nitrogen and oxygen atoms in total. The number of pyridine rings is 1. The van der Waals surface area contributed by atoms with E-state index in [0.29, 0.717) is 22.7 Å². The lowest BCUT2D eigenvalue weighted by Gasteiger charge is -2.12. The molecule has 0 saturated carbocycles. The molecule has 1 aromatic carbocycles. The number of anilines is 2. The molecule has 2 rings (SSSR count). The molecule has 0 atom stereocenters. The number of nitrogens with zero attached hydrogens (tertiary/aromatic N) is 1. The van der Waals surface area contributed by atoms with Crippen molar-refractivity contribution in [1.82, 2.24) is 4.98 Å². The molecule has 1 amide bonds. The molecule has 98 valence electrons. The summed E-state index contributed by atoms with van der Waals surface area (Å²) in [5, 5.41) is 2.79. The minimum atomic E-state index is -0.278. The molecule has 0 radical (unpaired) electrons. The van der Waals surface area contributed by atoms with Gasteiger partial charge >= 0.3 is 0 Å². The fraction of sp³-hybridized carbons (Fsp3) is 0.143. The van der Waals surface area contributed by atoms with E-state index >= 15 is 0 Å². The summed E-state index contributed by atoms with van der Waals surface area (Å²) in [7, 11) is 1.48. The quantitative estimate of drug-likeness (QED) is 0.827. The van der Waals surface area contributed by atoms with Crippen LogP contribution in [-0.4, -0.2) is 18.0 Å². The third-order valence-electron chi connectivity index (χ3n) is 2.75. The maximum absolute atomic E-state index is 12.2. The Balaban J connectivity index is 2.31. The van der Waals surface area contributed by atoms with Gasteiger partial charge in [0, 0.05) is 6.20 Å². The fourth-order valence-electron chi connectivity index (χ4n) is 1.77. The zero-order chi connectivity index (χ0) is 13.8. The Bertz CT molecular complexity index is 611. The van der Waals surface area contributed by atoms with Crippen molar-refractivity contribution < 1.29 is 9.53 Å². The van der Waals surface area contributed by atoms with Gasteiger partial charge in [-0.2, -0.15) is 0 Å². The van der Waals surface area contributed by atoms with Crippen LogP contribution in [0.4, 0.5) is 11.4 Å². The Kier molecular flexibility index (Phi) is 3.66. The number of ether oxygens (including phenoxy) is 1. The number of para-hydroxylation sites is 1. The Morgan fingerprint density at radius 2 is 2.11 bits per heavy atom. The summed E-state index contributed by atoms with van der Waals surface area (Å²) in [5.41, 5.74) is 8.01. The third kappa shape index (κ3) is 2.65. The number of nitrogens with one attached hydrogen (secondary N) is 1. The van der Waals surface area contributed by atoms with Gasteiger partial charge in [0.15, 0.2) is 5.75 Å². The minimum absolute atomic E-state index is 0.278. The van der Waals surface area contributed by atoms with Gasteiger partial charge in [0.05, 0.1) is 29.7 Å². The lowest BCUT2D eigenvalue weighted by Crippen LogP contribution is -2.15. The van der Waals surface area contributed by atoms with Crippen LogP contribution in [0.5, 0.6) is 5.75 Å². The van der Waals surface area contributed by atoms with Crippen LogP contribution in [0.3, 0.4) is 0 Å². The normalized spacial score (nSPS) is 10.0. The summed E-state index contributed by atoms with van der Waals surface area (Å²) in [5.74, 6) is 0.0989. The first-order chi connectivity index (χ1) is 9.13. The van der Waals surface area contributed by atoms with Gasteiger partial charge in [-0.25, -0.2) is 0 Å². The van der Waals surface area contributed by atoms with E-state index in [2.05, 4.69) is 10.3 Å². The van der Waals surface area contributed by atoms with E-state index in [9.17, 15) is 4.79 Å². The predicted molar refractivity (Wildman–Crippen MR) is 74.3 cm³/mol. The first-order valence-corrected chi connectivity index (χ1v) is 5.79. The van der Waals surface area contributed by atoms with Crippen LogP contribution in [0.1, 0.15) is 16.1 Å². The number of rotatable bonds is 3. The highest BCUT2D eigenvalue weighted by Gasteiger charge is 2.15. The number of benzene rings is 1. The lowest BCUT2D eigenvalue weighted by molar-refractivity contribution is 0.102. The van der Waals surface area contributed by atoms with Crippen LogP contribution in [0.2, 0.25) is 0 Å². The standard InChI is InChI=1S/C14H15N3O2/c1-9-12(7-4-8-16-9)17-14(18)10-5-3-6-11(15)13(10)19-2/h3-8H,15H2,1-2H3,(H,17,18). The average molecular weight is 257 g/mol. The van der Waals surface area contributed by atoms with Gasteiger partial charge < -0.3 is 15.8 Å². The van der Waals surface area contributed by atoms with Crippen LogP contribution in [-0.2, 0) is 0 Å². The number of carbonyl (C=O) groups excluding carboxylic acids is 1. The second kappa shape index (κ2) is 5.39. The first-order valence-electron chi connectivity index (χ1n) is 5.79. The maximum atomic E-state index is 12.2. The second-order valence-corrected chi connectivity index (χ2v) is 4.02. The molecule has 19 heavy (non-hydrogen) atoms. The summed E-state index contributed by atoms with van der Waals surface area (Å²) in [6.45, 7) is 1.83. The number of hydrogen-bond donors (Lipinski definition) is 2. The number of aromatic nitrogens is 1. The van der Waals surface area contributed by atoms with Crippen LogP contribution in [0.15, 0.2) is 36.5 Å². The van der Waals surface area contributed by atoms with Crippen molar-refractivity contribution in [3.05, 3.63) is 47.8 Å². The summed E-state index contributed by atoms with van der Waals surface area (Å²) in [4.78, 5) is 16.3. The van der Waals surface area contributed by atoms with E-state index in [0.717, 1.165) is 5.69 Å². The molecule has 0 fully saturated rings. The molecule has 0 bridgehead atoms. The van der Waals surface area contributed by atoms with E-state index < -0.39 is 0 Å². The second-order valence-electron chi connectivity index (χ2n) is 4.02. The van der Waals surface area contributed by atoms with Crippen LogP contribution >= 0.6 is 0 Å². The first kappa shape index (κ1) is 12.9. The number of hydrogen-bond acceptors (Lipinski definition) is 4. The zero-order valence-corrected chi connectivity index (χ0v) is 10.8. The third-order valence-corrected chi connectivity index (χ3v) is 2.75. The average Bonchev–Trinajstić information content (AvgIpc) is 2.41. The smallest absolute Gasteiger partial charge is 0.259 e. The highest BCUT2D eigenvalue weighted by Crippen LogP contribution is 2.26.